The highest BCUT2D eigenvalue weighted by Crippen LogP contribution is 2.12. The fourth-order valence-corrected chi connectivity index (χ4v) is 4.47. The van der Waals surface area contributed by atoms with Gasteiger partial charge in [-0.25, -0.2) is 8.42 Å². The Labute approximate surface area is 201 Å². The minimum absolute atomic E-state index is 0.0664. The summed E-state index contributed by atoms with van der Waals surface area (Å²) in [5.74, 6) is 0.330. The number of ether oxygens (including phenoxy) is 1. The van der Waals surface area contributed by atoms with Crippen LogP contribution in [0.5, 0.6) is 0 Å². The van der Waals surface area contributed by atoms with Crippen molar-refractivity contribution in [1.82, 2.24) is 9.21 Å². The first-order valence-corrected chi connectivity index (χ1v) is 12.5. The number of carbonyl (C=O) groups excluding carboxylic acids is 1. The first kappa shape index (κ1) is 25.4. The number of hydrogen-bond acceptors (Lipinski definition) is 5. The quantitative estimate of drug-likeness (QED) is 0.370. The molecule has 3 aromatic rings. The topological polar surface area (TPSA) is 80.1 Å². The molecule has 8 heteroatoms. The van der Waals surface area contributed by atoms with Crippen LogP contribution in [-0.2, 0) is 32.5 Å². The van der Waals surface area contributed by atoms with Crippen molar-refractivity contribution in [3.63, 3.8) is 0 Å². The van der Waals surface area contributed by atoms with E-state index in [2.05, 4.69) is 0 Å². The minimum Gasteiger partial charge on any atom is -0.467 e. The zero-order valence-corrected chi connectivity index (χ0v) is 20.1. The van der Waals surface area contributed by atoms with Crippen LogP contribution in [0, 0.1) is 0 Å². The Kier molecular flexibility index (Phi) is 9.63. The van der Waals surface area contributed by atoms with Gasteiger partial charge in [0.25, 0.3) is 0 Å². The molecule has 0 aliphatic heterocycles. The molecular formula is C26H30N2O5S. The highest BCUT2D eigenvalue weighted by molar-refractivity contribution is 7.92. The van der Waals surface area contributed by atoms with E-state index in [-0.39, 0.29) is 32.1 Å². The van der Waals surface area contributed by atoms with Crippen LogP contribution in [0.25, 0.3) is 6.08 Å². The normalized spacial score (nSPS) is 11.8. The highest BCUT2D eigenvalue weighted by Gasteiger charge is 2.25. The fourth-order valence-electron chi connectivity index (χ4n) is 3.35. The average Bonchev–Trinajstić information content (AvgIpc) is 3.37. The van der Waals surface area contributed by atoms with Crippen molar-refractivity contribution in [3.8, 4) is 0 Å². The summed E-state index contributed by atoms with van der Waals surface area (Å²) < 4.78 is 37.8. The third-order valence-corrected chi connectivity index (χ3v) is 6.75. The van der Waals surface area contributed by atoms with Crippen LogP contribution in [0.15, 0.2) is 88.9 Å². The Morgan fingerprint density at radius 3 is 2.32 bits per heavy atom. The molecule has 0 unspecified atom stereocenters. The molecule has 0 aliphatic carbocycles. The van der Waals surface area contributed by atoms with Gasteiger partial charge in [-0.1, -0.05) is 60.7 Å². The third-order valence-electron chi connectivity index (χ3n) is 5.24. The van der Waals surface area contributed by atoms with Crippen LogP contribution < -0.4 is 0 Å². The Bertz CT molecular complexity index is 1130. The lowest BCUT2D eigenvalue weighted by Gasteiger charge is -2.26. The van der Waals surface area contributed by atoms with Crippen LogP contribution in [0.1, 0.15) is 16.9 Å². The predicted octanol–water partition coefficient (Wildman–Crippen LogP) is 3.80. The molecule has 0 spiro atoms. The summed E-state index contributed by atoms with van der Waals surface area (Å²) in [5, 5.41) is 1.13. The van der Waals surface area contributed by atoms with Gasteiger partial charge in [-0.05, 0) is 35.8 Å². The summed E-state index contributed by atoms with van der Waals surface area (Å²) in [5.41, 5.74) is 1.85. The standard InChI is InChI=1S/C26H30N2O5S/c1-32-19-17-28(34(30,31)20-15-24-11-6-3-7-12-24)22-26(29)27(21-25-13-8-18-33-25)16-14-23-9-4-2-5-10-23/h2-13,15,18,20H,14,16-17,19,21-22H2,1H3. The number of nitrogens with zero attached hydrogens (tertiary/aromatic N) is 2. The molecule has 7 nitrogen and oxygen atoms in total. The van der Waals surface area contributed by atoms with Crippen LogP contribution in [0.2, 0.25) is 0 Å². The zero-order valence-electron chi connectivity index (χ0n) is 19.2. The van der Waals surface area contributed by atoms with Gasteiger partial charge in [-0.3, -0.25) is 4.79 Å². The first-order chi connectivity index (χ1) is 16.5. The molecule has 0 fully saturated rings. The van der Waals surface area contributed by atoms with Gasteiger partial charge in [-0.15, -0.1) is 0 Å². The number of methoxy groups -OCH3 is 1. The Hall–Kier alpha value is -3.20. The number of carbonyl (C=O) groups is 1. The fraction of sp³-hybridized carbons (Fsp3) is 0.269. The van der Waals surface area contributed by atoms with E-state index in [9.17, 15) is 13.2 Å². The van der Waals surface area contributed by atoms with Crippen LogP contribution in [-0.4, -0.2) is 56.9 Å². The molecular weight excluding hydrogens is 452 g/mol. The van der Waals surface area contributed by atoms with Crippen LogP contribution >= 0.6 is 0 Å². The van der Waals surface area contributed by atoms with Crippen molar-refractivity contribution in [2.45, 2.75) is 13.0 Å². The first-order valence-electron chi connectivity index (χ1n) is 11.0. The maximum Gasteiger partial charge on any atom is 0.238 e. The number of rotatable bonds is 13. The molecule has 0 radical (unpaired) electrons. The number of benzene rings is 2. The molecule has 0 aliphatic rings. The molecule has 0 bridgehead atoms. The summed E-state index contributed by atoms with van der Waals surface area (Å²) in [6, 6.07) is 22.5. The van der Waals surface area contributed by atoms with Gasteiger partial charge in [0.1, 0.15) is 5.76 Å². The van der Waals surface area contributed by atoms with E-state index >= 15 is 0 Å². The molecule has 0 N–H and O–H groups in total. The summed E-state index contributed by atoms with van der Waals surface area (Å²) in [6.07, 6.45) is 3.72. The van der Waals surface area contributed by atoms with Gasteiger partial charge in [0.05, 0.1) is 26.0 Å². The minimum atomic E-state index is -3.85. The smallest absolute Gasteiger partial charge is 0.238 e. The van der Waals surface area contributed by atoms with Gasteiger partial charge < -0.3 is 14.1 Å². The largest absolute Gasteiger partial charge is 0.467 e. The summed E-state index contributed by atoms with van der Waals surface area (Å²) >= 11 is 0. The second-order valence-corrected chi connectivity index (χ2v) is 9.53. The van der Waals surface area contributed by atoms with E-state index in [0.29, 0.717) is 18.7 Å². The lowest BCUT2D eigenvalue weighted by molar-refractivity contribution is -0.132. The van der Waals surface area contributed by atoms with Crippen molar-refractivity contribution >= 4 is 22.0 Å². The number of sulfonamides is 1. The predicted molar refractivity (Wildman–Crippen MR) is 132 cm³/mol. The number of furan rings is 1. The van der Waals surface area contributed by atoms with Crippen molar-refractivity contribution in [1.29, 1.82) is 0 Å². The Balaban J connectivity index is 1.75. The van der Waals surface area contributed by atoms with Gasteiger partial charge in [0.2, 0.25) is 15.9 Å². The molecule has 0 saturated carbocycles. The van der Waals surface area contributed by atoms with E-state index in [4.69, 9.17) is 9.15 Å². The van der Waals surface area contributed by atoms with E-state index in [1.165, 1.54) is 13.2 Å². The van der Waals surface area contributed by atoms with Gasteiger partial charge in [0.15, 0.2) is 0 Å². The van der Waals surface area contributed by atoms with Crippen molar-refractivity contribution < 1.29 is 22.4 Å². The molecule has 1 aromatic heterocycles. The molecule has 0 atom stereocenters. The highest BCUT2D eigenvalue weighted by atomic mass is 32.2. The summed E-state index contributed by atoms with van der Waals surface area (Å²) in [6.45, 7) is 0.642. The molecule has 1 heterocycles. The molecule has 180 valence electrons. The van der Waals surface area contributed by atoms with E-state index < -0.39 is 10.0 Å². The lowest BCUT2D eigenvalue weighted by Crippen LogP contribution is -2.43. The number of hydrogen-bond donors (Lipinski definition) is 0. The van der Waals surface area contributed by atoms with E-state index in [0.717, 1.165) is 20.8 Å². The maximum absolute atomic E-state index is 13.3. The second kappa shape index (κ2) is 12.9. The van der Waals surface area contributed by atoms with E-state index in [1.54, 1.807) is 23.3 Å². The van der Waals surface area contributed by atoms with Crippen LogP contribution in [0.3, 0.4) is 0 Å². The van der Waals surface area contributed by atoms with Crippen molar-refractivity contribution in [2.75, 3.05) is 33.4 Å². The molecule has 2 aromatic carbocycles. The average molecular weight is 483 g/mol. The van der Waals surface area contributed by atoms with Crippen molar-refractivity contribution in [2.24, 2.45) is 0 Å². The Morgan fingerprint density at radius 2 is 1.68 bits per heavy atom. The lowest BCUT2D eigenvalue weighted by atomic mass is 10.1. The molecule has 1 amide bonds. The van der Waals surface area contributed by atoms with Gasteiger partial charge in [0, 0.05) is 25.6 Å². The maximum atomic E-state index is 13.3. The van der Waals surface area contributed by atoms with Crippen molar-refractivity contribution in [3.05, 3.63) is 101 Å². The van der Waals surface area contributed by atoms with Crippen LogP contribution in [0.4, 0.5) is 0 Å². The van der Waals surface area contributed by atoms with Gasteiger partial charge in [-0.2, -0.15) is 4.31 Å². The second-order valence-electron chi connectivity index (χ2n) is 7.71. The molecule has 3 rings (SSSR count). The monoisotopic (exact) mass is 482 g/mol. The molecule has 0 saturated heterocycles. The summed E-state index contributed by atoms with van der Waals surface area (Å²) in [7, 11) is -2.35. The zero-order chi connectivity index (χ0) is 24.2. The third kappa shape index (κ3) is 7.98. The van der Waals surface area contributed by atoms with E-state index in [1.807, 2.05) is 60.7 Å². The van der Waals surface area contributed by atoms with Gasteiger partial charge >= 0.3 is 0 Å². The summed E-state index contributed by atoms with van der Waals surface area (Å²) in [4.78, 5) is 14.9. The number of amides is 1. The molecule has 34 heavy (non-hydrogen) atoms. The Morgan fingerprint density at radius 1 is 0.971 bits per heavy atom. The SMILES string of the molecule is COCCN(CC(=O)N(CCc1ccccc1)Cc1ccco1)S(=O)(=O)C=Cc1ccccc1.